The van der Waals surface area contributed by atoms with Gasteiger partial charge in [-0.1, -0.05) is 13.8 Å². The van der Waals surface area contributed by atoms with E-state index in [-0.39, 0.29) is 5.03 Å². The normalized spacial score (nSPS) is 12.2. The van der Waals surface area contributed by atoms with E-state index in [4.69, 9.17) is 5.73 Å². The average Bonchev–Trinajstić information content (AvgIpc) is 2.79. The Bertz CT molecular complexity index is 441. The molecule has 1 heterocycles. The number of nitrogens with two attached hydrogens (primary N) is 1. The van der Waals surface area contributed by atoms with Gasteiger partial charge >= 0.3 is 0 Å². The molecule has 0 aliphatic rings. The lowest BCUT2D eigenvalue weighted by Crippen LogP contribution is -2.33. The lowest BCUT2D eigenvalue weighted by molar-refractivity contribution is 0.421. The third-order valence-electron chi connectivity index (χ3n) is 2.52. The first kappa shape index (κ1) is 14.1. The summed E-state index contributed by atoms with van der Waals surface area (Å²) in [5.74, 6) is 0.679. The quantitative estimate of drug-likeness (QED) is 0.739. The molecule has 0 aliphatic carbocycles. The van der Waals surface area contributed by atoms with Crippen molar-refractivity contribution in [1.29, 1.82) is 0 Å². The zero-order valence-electron chi connectivity index (χ0n) is 10.3. The molecule has 0 saturated heterocycles. The highest BCUT2D eigenvalue weighted by Crippen LogP contribution is 2.13. The number of sulfonamides is 1. The molecule has 0 aliphatic heterocycles. The first-order valence-electron chi connectivity index (χ1n) is 5.80. The molecule has 0 fully saturated rings. The summed E-state index contributed by atoms with van der Waals surface area (Å²) in [5, 5.41) is 0.160. The van der Waals surface area contributed by atoms with E-state index in [1.54, 1.807) is 0 Å². The molecule has 0 radical (unpaired) electrons. The van der Waals surface area contributed by atoms with Gasteiger partial charge in [0.1, 0.15) is 5.82 Å². The van der Waals surface area contributed by atoms with Gasteiger partial charge in [-0.05, 0) is 13.0 Å². The molecule has 0 saturated carbocycles. The van der Waals surface area contributed by atoms with Crippen LogP contribution in [0.4, 0.5) is 0 Å². The topological polar surface area (TPSA) is 92.1 Å². The first-order chi connectivity index (χ1) is 8.06. The molecule has 0 spiro atoms. The molecular formula is C10H20N4O2S. The first-order valence-corrected chi connectivity index (χ1v) is 7.24. The number of imidazole rings is 1. The van der Waals surface area contributed by atoms with Gasteiger partial charge in [0.2, 0.25) is 0 Å². The van der Waals surface area contributed by atoms with E-state index in [1.165, 1.54) is 10.5 Å². The monoisotopic (exact) mass is 260 g/mol. The summed E-state index contributed by atoms with van der Waals surface area (Å²) >= 11 is 0. The molecule has 0 atom stereocenters. The Morgan fingerprint density at radius 3 is 2.65 bits per heavy atom. The summed E-state index contributed by atoms with van der Waals surface area (Å²) in [6.45, 7) is 5.08. The molecule has 0 unspecified atom stereocenters. The molecule has 0 aromatic carbocycles. The Balaban J connectivity index is 2.91. The van der Waals surface area contributed by atoms with Crippen molar-refractivity contribution in [3.05, 3.63) is 12.0 Å². The predicted octanol–water partition coefficient (Wildman–Crippen LogP) is 0.332. The second-order valence-electron chi connectivity index (χ2n) is 3.69. The standard InChI is InChI=1S/C10H20N4O2S/c1-3-9-12-8-10(13-9)17(15,16)14(4-2)7-5-6-11/h8H,3-7,11H2,1-2H3,(H,12,13). The number of nitrogens with one attached hydrogen (secondary N) is 1. The Kier molecular flexibility index (Phi) is 5.10. The van der Waals surface area contributed by atoms with Crippen molar-refractivity contribution in [1.82, 2.24) is 14.3 Å². The number of nitrogens with zero attached hydrogens (tertiary/aromatic N) is 2. The maximum absolute atomic E-state index is 12.2. The number of hydrogen-bond donors (Lipinski definition) is 2. The lowest BCUT2D eigenvalue weighted by Gasteiger charge is -2.18. The van der Waals surface area contributed by atoms with Crippen molar-refractivity contribution in [2.24, 2.45) is 5.73 Å². The minimum Gasteiger partial charge on any atom is -0.332 e. The minimum absolute atomic E-state index is 0.160. The van der Waals surface area contributed by atoms with Crippen molar-refractivity contribution in [3.63, 3.8) is 0 Å². The van der Waals surface area contributed by atoms with Gasteiger partial charge in [-0.25, -0.2) is 13.4 Å². The number of hydrogen-bond acceptors (Lipinski definition) is 4. The van der Waals surface area contributed by atoms with Crippen molar-refractivity contribution in [2.45, 2.75) is 31.7 Å². The number of aromatic nitrogens is 2. The summed E-state index contributed by atoms with van der Waals surface area (Å²) in [6, 6.07) is 0. The van der Waals surface area contributed by atoms with E-state index in [0.717, 1.165) is 0 Å². The fraction of sp³-hybridized carbons (Fsp3) is 0.700. The van der Waals surface area contributed by atoms with Crippen LogP contribution in [0.3, 0.4) is 0 Å². The lowest BCUT2D eigenvalue weighted by atomic mass is 10.4. The van der Waals surface area contributed by atoms with E-state index >= 15 is 0 Å². The highest BCUT2D eigenvalue weighted by molar-refractivity contribution is 7.89. The van der Waals surface area contributed by atoms with Gasteiger partial charge in [0.25, 0.3) is 10.0 Å². The van der Waals surface area contributed by atoms with Gasteiger partial charge < -0.3 is 10.7 Å². The average molecular weight is 260 g/mol. The fourth-order valence-corrected chi connectivity index (χ4v) is 2.93. The van der Waals surface area contributed by atoms with Crippen molar-refractivity contribution < 1.29 is 8.42 Å². The van der Waals surface area contributed by atoms with E-state index in [1.807, 2.05) is 13.8 Å². The Hall–Kier alpha value is -0.920. The molecule has 3 N–H and O–H groups in total. The minimum atomic E-state index is -3.45. The summed E-state index contributed by atoms with van der Waals surface area (Å²) in [4.78, 5) is 6.83. The van der Waals surface area contributed by atoms with Gasteiger partial charge in [-0.2, -0.15) is 4.31 Å². The smallest absolute Gasteiger partial charge is 0.260 e. The molecule has 1 rings (SSSR count). The van der Waals surface area contributed by atoms with E-state index in [0.29, 0.717) is 38.3 Å². The summed E-state index contributed by atoms with van der Waals surface area (Å²) in [6.07, 6.45) is 2.71. The summed E-state index contributed by atoms with van der Waals surface area (Å²) < 4.78 is 25.8. The fourth-order valence-electron chi connectivity index (χ4n) is 1.51. The summed E-state index contributed by atoms with van der Waals surface area (Å²) in [5.41, 5.74) is 5.40. The maximum atomic E-state index is 12.2. The van der Waals surface area contributed by atoms with Crippen LogP contribution in [0, 0.1) is 0 Å². The van der Waals surface area contributed by atoms with Crippen LogP contribution >= 0.6 is 0 Å². The molecule has 7 heteroatoms. The molecule has 17 heavy (non-hydrogen) atoms. The van der Waals surface area contributed by atoms with Crippen LogP contribution in [0.1, 0.15) is 26.1 Å². The van der Waals surface area contributed by atoms with Crippen LogP contribution in [-0.4, -0.2) is 42.3 Å². The third-order valence-corrected chi connectivity index (χ3v) is 4.41. The summed E-state index contributed by atoms with van der Waals surface area (Å²) in [7, 11) is -3.45. The van der Waals surface area contributed by atoms with Crippen LogP contribution in [0.2, 0.25) is 0 Å². The molecule has 6 nitrogen and oxygen atoms in total. The Morgan fingerprint density at radius 2 is 2.18 bits per heavy atom. The van der Waals surface area contributed by atoms with Gasteiger partial charge in [-0.3, -0.25) is 0 Å². The van der Waals surface area contributed by atoms with Crippen LogP contribution in [-0.2, 0) is 16.4 Å². The SMILES string of the molecule is CCc1ncc(S(=O)(=O)N(CC)CCCN)[nH]1. The highest BCUT2D eigenvalue weighted by atomic mass is 32.2. The second kappa shape index (κ2) is 6.13. The van der Waals surface area contributed by atoms with Crippen LogP contribution in [0.5, 0.6) is 0 Å². The van der Waals surface area contributed by atoms with Crippen LogP contribution in [0.25, 0.3) is 0 Å². The number of aromatic amines is 1. The van der Waals surface area contributed by atoms with Gasteiger partial charge in [0, 0.05) is 19.5 Å². The Labute approximate surface area is 102 Å². The zero-order valence-corrected chi connectivity index (χ0v) is 11.1. The molecular weight excluding hydrogens is 240 g/mol. The number of H-pyrrole nitrogens is 1. The highest BCUT2D eigenvalue weighted by Gasteiger charge is 2.24. The van der Waals surface area contributed by atoms with Crippen LogP contribution < -0.4 is 5.73 Å². The maximum Gasteiger partial charge on any atom is 0.260 e. The number of aryl methyl sites for hydroxylation is 1. The Morgan fingerprint density at radius 1 is 1.47 bits per heavy atom. The van der Waals surface area contributed by atoms with Crippen molar-refractivity contribution in [2.75, 3.05) is 19.6 Å². The molecule has 98 valence electrons. The number of rotatable bonds is 7. The van der Waals surface area contributed by atoms with Crippen LogP contribution in [0.15, 0.2) is 11.2 Å². The van der Waals surface area contributed by atoms with Crippen molar-refractivity contribution in [3.8, 4) is 0 Å². The zero-order chi connectivity index (χ0) is 12.9. The van der Waals surface area contributed by atoms with E-state index in [9.17, 15) is 8.42 Å². The molecule has 0 amide bonds. The molecule has 1 aromatic heterocycles. The van der Waals surface area contributed by atoms with Gasteiger partial charge in [-0.15, -0.1) is 0 Å². The van der Waals surface area contributed by atoms with E-state index < -0.39 is 10.0 Å². The molecule has 0 bridgehead atoms. The van der Waals surface area contributed by atoms with E-state index in [2.05, 4.69) is 9.97 Å². The largest absolute Gasteiger partial charge is 0.332 e. The van der Waals surface area contributed by atoms with Gasteiger partial charge in [0.15, 0.2) is 5.03 Å². The van der Waals surface area contributed by atoms with Crippen molar-refractivity contribution >= 4 is 10.0 Å². The molecule has 1 aromatic rings. The third kappa shape index (κ3) is 3.27. The predicted molar refractivity (Wildman–Crippen MR) is 66.1 cm³/mol. The second-order valence-corrected chi connectivity index (χ2v) is 5.59. The van der Waals surface area contributed by atoms with Gasteiger partial charge in [0.05, 0.1) is 6.20 Å².